The molecule has 0 heterocycles. The Bertz CT molecular complexity index is 647. The van der Waals surface area contributed by atoms with Crippen molar-refractivity contribution in [1.29, 1.82) is 0 Å². The fraction of sp³-hybridized carbons (Fsp3) is 0.294. The number of phenols is 1. The van der Waals surface area contributed by atoms with E-state index in [0.717, 1.165) is 17.7 Å². The number of rotatable bonds is 6. The fourth-order valence-corrected chi connectivity index (χ4v) is 2.39. The first-order chi connectivity index (χ1) is 10.5. The summed E-state index contributed by atoms with van der Waals surface area (Å²) in [5.74, 6) is -0.895. The maximum absolute atomic E-state index is 13.9. The Balaban J connectivity index is 2.27. The molecule has 0 saturated carbocycles. The SMILES string of the molecule is CCOc1cc(CC(CN)c2cc(F)ccc2F)ccc1O. The van der Waals surface area contributed by atoms with Gasteiger partial charge in [0.15, 0.2) is 11.5 Å². The second-order valence-electron chi connectivity index (χ2n) is 5.04. The summed E-state index contributed by atoms with van der Waals surface area (Å²) in [7, 11) is 0. The lowest BCUT2D eigenvalue weighted by molar-refractivity contribution is 0.317. The molecule has 0 saturated heterocycles. The average molecular weight is 307 g/mol. The Morgan fingerprint density at radius 3 is 2.64 bits per heavy atom. The molecule has 2 aromatic carbocycles. The van der Waals surface area contributed by atoms with Gasteiger partial charge in [0, 0.05) is 5.92 Å². The Labute approximate surface area is 128 Å². The van der Waals surface area contributed by atoms with Gasteiger partial charge in [-0.1, -0.05) is 6.07 Å². The van der Waals surface area contributed by atoms with Gasteiger partial charge in [-0.05, 0) is 61.3 Å². The highest BCUT2D eigenvalue weighted by Gasteiger charge is 2.17. The lowest BCUT2D eigenvalue weighted by Gasteiger charge is -2.17. The number of nitrogens with two attached hydrogens (primary N) is 1. The van der Waals surface area contributed by atoms with E-state index in [1.54, 1.807) is 12.1 Å². The minimum atomic E-state index is -0.490. The van der Waals surface area contributed by atoms with Crippen LogP contribution in [0, 0.1) is 11.6 Å². The number of hydrogen-bond acceptors (Lipinski definition) is 3. The zero-order valence-electron chi connectivity index (χ0n) is 12.4. The molecule has 0 aliphatic carbocycles. The van der Waals surface area contributed by atoms with Gasteiger partial charge in [-0.25, -0.2) is 8.78 Å². The average Bonchev–Trinajstić information content (AvgIpc) is 2.51. The van der Waals surface area contributed by atoms with Crippen LogP contribution >= 0.6 is 0 Å². The van der Waals surface area contributed by atoms with Crippen molar-refractivity contribution in [3.05, 3.63) is 59.2 Å². The maximum Gasteiger partial charge on any atom is 0.161 e. The normalized spacial score (nSPS) is 12.2. The molecule has 0 aromatic heterocycles. The molecule has 0 aliphatic heterocycles. The summed E-state index contributed by atoms with van der Waals surface area (Å²) < 4.78 is 32.6. The minimum Gasteiger partial charge on any atom is -0.504 e. The van der Waals surface area contributed by atoms with Gasteiger partial charge in [-0.15, -0.1) is 0 Å². The van der Waals surface area contributed by atoms with E-state index in [-0.39, 0.29) is 23.8 Å². The largest absolute Gasteiger partial charge is 0.504 e. The van der Waals surface area contributed by atoms with Crippen LogP contribution in [0.4, 0.5) is 8.78 Å². The molecule has 1 atom stereocenters. The first kappa shape index (κ1) is 16.2. The van der Waals surface area contributed by atoms with Gasteiger partial charge in [0.1, 0.15) is 11.6 Å². The topological polar surface area (TPSA) is 55.5 Å². The van der Waals surface area contributed by atoms with E-state index in [4.69, 9.17) is 10.5 Å². The van der Waals surface area contributed by atoms with Gasteiger partial charge in [0.25, 0.3) is 0 Å². The van der Waals surface area contributed by atoms with Crippen molar-refractivity contribution in [1.82, 2.24) is 0 Å². The van der Waals surface area contributed by atoms with E-state index in [1.165, 1.54) is 12.1 Å². The summed E-state index contributed by atoms with van der Waals surface area (Å²) in [6.45, 7) is 2.43. The van der Waals surface area contributed by atoms with E-state index in [1.807, 2.05) is 6.92 Å². The zero-order valence-corrected chi connectivity index (χ0v) is 12.4. The molecule has 0 fully saturated rings. The molecule has 0 spiro atoms. The third-order valence-electron chi connectivity index (χ3n) is 3.49. The summed E-state index contributed by atoms with van der Waals surface area (Å²) in [5, 5.41) is 9.70. The highest BCUT2D eigenvalue weighted by atomic mass is 19.1. The predicted molar refractivity (Wildman–Crippen MR) is 81.1 cm³/mol. The smallest absolute Gasteiger partial charge is 0.161 e. The van der Waals surface area contributed by atoms with Crippen LogP contribution in [0.15, 0.2) is 36.4 Å². The Morgan fingerprint density at radius 2 is 1.95 bits per heavy atom. The molecular weight excluding hydrogens is 288 g/mol. The first-order valence-electron chi connectivity index (χ1n) is 7.14. The number of benzene rings is 2. The van der Waals surface area contributed by atoms with Gasteiger partial charge < -0.3 is 15.6 Å². The molecule has 0 aliphatic rings. The van der Waals surface area contributed by atoms with Crippen LogP contribution in [-0.2, 0) is 6.42 Å². The molecular formula is C17H19F2NO2. The quantitative estimate of drug-likeness (QED) is 0.860. The van der Waals surface area contributed by atoms with Gasteiger partial charge in [-0.2, -0.15) is 0 Å². The number of aromatic hydroxyl groups is 1. The Hall–Kier alpha value is -2.14. The van der Waals surface area contributed by atoms with Gasteiger partial charge in [-0.3, -0.25) is 0 Å². The minimum absolute atomic E-state index is 0.0480. The number of ether oxygens (including phenoxy) is 1. The van der Waals surface area contributed by atoms with Crippen molar-refractivity contribution in [3.8, 4) is 11.5 Å². The first-order valence-corrected chi connectivity index (χ1v) is 7.14. The van der Waals surface area contributed by atoms with Crippen LogP contribution in [-0.4, -0.2) is 18.3 Å². The number of halogens is 2. The monoisotopic (exact) mass is 307 g/mol. The van der Waals surface area contributed by atoms with Gasteiger partial charge >= 0.3 is 0 Å². The van der Waals surface area contributed by atoms with E-state index in [9.17, 15) is 13.9 Å². The summed E-state index contributed by atoms with van der Waals surface area (Å²) in [6.07, 6.45) is 0.428. The summed E-state index contributed by atoms with van der Waals surface area (Å²) in [4.78, 5) is 0. The van der Waals surface area contributed by atoms with Crippen molar-refractivity contribution in [2.75, 3.05) is 13.2 Å². The molecule has 2 rings (SSSR count). The third-order valence-corrected chi connectivity index (χ3v) is 3.49. The zero-order chi connectivity index (χ0) is 16.1. The van der Waals surface area contributed by atoms with Crippen LogP contribution in [0.5, 0.6) is 11.5 Å². The second-order valence-corrected chi connectivity index (χ2v) is 5.04. The van der Waals surface area contributed by atoms with Crippen molar-refractivity contribution >= 4 is 0 Å². The maximum atomic E-state index is 13.9. The van der Waals surface area contributed by atoms with E-state index in [0.29, 0.717) is 18.8 Å². The fourth-order valence-electron chi connectivity index (χ4n) is 2.39. The van der Waals surface area contributed by atoms with Crippen molar-refractivity contribution in [2.24, 2.45) is 5.73 Å². The molecule has 22 heavy (non-hydrogen) atoms. The third kappa shape index (κ3) is 3.74. The van der Waals surface area contributed by atoms with Crippen molar-refractivity contribution in [2.45, 2.75) is 19.3 Å². The summed E-state index contributed by atoms with van der Waals surface area (Å²) >= 11 is 0. The summed E-state index contributed by atoms with van der Waals surface area (Å²) in [5.41, 5.74) is 6.82. The van der Waals surface area contributed by atoms with Crippen LogP contribution in [0.2, 0.25) is 0 Å². The second kappa shape index (κ2) is 7.22. The molecule has 2 aromatic rings. The van der Waals surface area contributed by atoms with E-state index in [2.05, 4.69) is 0 Å². The highest BCUT2D eigenvalue weighted by Crippen LogP contribution is 2.30. The lowest BCUT2D eigenvalue weighted by atomic mass is 9.91. The molecule has 3 nitrogen and oxygen atoms in total. The van der Waals surface area contributed by atoms with Gasteiger partial charge in [0.05, 0.1) is 6.61 Å². The molecule has 0 bridgehead atoms. The van der Waals surface area contributed by atoms with Crippen LogP contribution < -0.4 is 10.5 Å². The van der Waals surface area contributed by atoms with E-state index >= 15 is 0 Å². The Morgan fingerprint density at radius 1 is 1.18 bits per heavy atom. The summed E-state index contributed by atoms with van der Waals surface area (Å²) in [6, 6.07) is 8.30. The van der Waals surface area contributed by atoms with Crippen LogP contribution in [0.1, 0.15) is 24.0 Å². The number of hydrogen-bond donors (Lipinski definition) is 2. The predicted octanol–water partition coefficient (Wildman–Crippen LogP) is 3.35. The molecule has 3 N–H and O–H groups in total. The van der Waals surface area contributed by atoms with Crippen molar-refractivity contribution < 1.29 is 18.6 Å². The standard InChI is InChI=1S/C17H19F2NO2/c1-2-22-17-8-11(3-6-16(17)21)7-12(10-20)14-9-13(18)4-5-15(14)19/h3-6,8-9,12,21H,2,7,10,20H2,1H3. The van der Waals surface area contributed by atoms with Gasteiger partial charge in [0.2, 0.25) is 0 Å². The molecule has 5 heteroatoms. The lowest BCUT2D eigenvalue weighted by Crippen LogP contribution is -2.16. The molecule has 0 radical (unpaired) electrons. The molecule has 1 unspecified atom stereocenters. The number of phenolic OH excluding ortho intramolecular Hbond substituents is 1. The highest BCUT2D eigenvalue weighted by molar-refractivity contribution is 5.42. The van der Waals surface area contributed by atoms with E-state index < -0.39 is 11.6 Å². The van der Waals surface area contributed by atoms with Crippen molar-refractivity contribution in [3.63, 3.8) is 0 Å². The van der Waals surface area contributed by atoms with Crippen LogP contribution in [0.3, 0.4) is 0 Å². The molecule has 118 valence electrons. The Kier molecular flexibility index (Phi) is 5.33. The van der Waals surface area contributed by atoms with Crippen LogP contribution in [0.25, 0.3) is 0 Å². The molecule has 0 amide bonds.